The van der Waals surface area contributed by atoms with Gasteiger partial charge in [-0.25, -0.2) is 0 Å². The standard InChI is InChI=1S/C20H33N3O/c1-5-21-19(23-16-10-12-17(24)13-11-16)22-14-20(3,4)18-9-7-6-8-15(18)2/h6-9,16-17,24H,5,10-14H2,1-4H3,(H2,21,22,23). The molecule has 4 heteroatoms. The summed E-state index contributed by atoms with van der Waals surface area (Å²) in [6.07, 6.45) is 3.65. The number of aliphatic hydroxyl groups excluding tert-OH is 1. The molecule has 1 aromatic rings. The molecule has 0 atom stereocenters. The van der Waals surface area contributed by atoms with Gasteiger partial charge in [-0.2, -0.15) is 0 Å². The first-order valence-electron chi connectivity index (χ1n) is 9.21. The van der Waals surface area contributed by atoms with Crippen LogP contribution in [-0.2, 0) is 5.41 Å². The summed E-state index contributed by atoms with van der Waals surface area (Å²) in [5.74, 6) is 0.889. The minimum atomic E-state index is -0.123. The van der Waals surface area contributed by atoms with E-state index in [4.69, 9.17) is 4.99 Å². The molecule has 0 spiro atoms. The van der Waals surface area contributed by atoms with E-state index in [1.165, 1.54) is 11.1 Å². The molecule has 0 aliphatic heterocycles. The van der Waals surface area contributed by atoms with Crippen molar-refractivity contribution in [2.24, 2.45) is 4.99 Å². The van der Waals surface area contributed by atoms with E-state index in [0.717, 1.165) is 44.7 Å². The van der Waals surface area contributed by atoms with Gasteiger partial charge >= 0.3 is 0 Å². The molecule has 1 aliphatic carbocycles. The van der Waals surface area contributed by atoms with Gasteiger partial charge < -0.3 is 15.7 Å². The maximum Gasteiger partial charge on any atom is 0.191 e. The fourth-order valence-electron chi connectivity index (χ4n) is 3.43. The third-order valence-corrected chi connectivity index (χ3v) is 4.89. The number of nitrogens with zero attached hydrogens (tertiary/aromatic N) is 1. The Bertz CT molecular complexity index is 546. The molecule has 1 fully saturated rings. The van der Waals surface area contributed by atoms with E-state index in [1.54, 1.807) is 0 Å². The lowest BCUT2D eigenvalue weighted by Gasteiger charge is -2.29. The predicted molar refractivity (Wildman–Crippen MR) is 102 cm³/mol. The first kappa shape index (κ1) is 18.8. The Hall–Kier alpha value is -1.55. The summed E-state index contributed by atoms with van der Waals surface area (Å²) in [6, 6.07) is 8.96. The third kappa shape index (κ3) is 5.23. The lowest BCUT2D eigenvalue weighted by atomic mass is 9.82. The highest BCUT2D eigenvalue weighted by atomic mass is 16.3. The van der Waals surface area contributed by atoms with Crippen molar-refractivity contribution in [1.82, 2.24) is 10.6 Å². The molecule has 134 valence electrons. The van der Waals surface area contributed by atoms with E-state index in [-0.39, 0.29) is 11.5 Å². The van der Waals surface area contributed by atoms with E-state index >= 15 is 0 Å². The van der Waals surface area contributed by atoms with E-state index in [9.17, 15) is 5.11 Å². The monoisotopic (exact) mass is 331 g/mol. The smallest absolute Gasteiger partial charge is 0.191 e. The van der Waals surface area contributed by atoms with Crippen LogP contribution in [-0.4, -0.2) is 36.3 Å². The van der Waals surface area contributed by atoms with E-state index < -0.39 is 0 Å². The van der Waals surface area contributed by atoms with E-state index in [0.29, 0.717) is 6.04 Å². The second kappa shape index (κ2) is 8.52. The van der Waals surface area contributed by atoms with Crippen molar-refractivity contribution in [3.8, 4) is 0 Å². The Kier molecular flexibility index (Phi) is 6.67. The number of aliphatic imine (C=N–C) groups is 1. The molecule has 2 rings (SSSR count). The van der Waals surface area contributed by atoms with Crippen LogP contribution >= 0.6 is 0 Å². The van der Waals surface area contributed by atoms with Gasteiger partial charge in [-0.1, -0.05) is 38.1 Å². The van der Waals surface area contributed by atoms with Gasteiger partial charge in [-0.05, 0) is 50.7 Å². The molecule has 0 saturated heterocycles. The summed E-state index contributed by atoms with van der Waals surface area (Å²) in [7, 11) is 0. The zero-order valence-electron chi connectivity index (χ0n) is 15.6. The number of aliphatic hydroxyl groups is 1. The van der Waals surface area contributed by atoms with Crippen LogP contribution in [0.2, 0.25) is 0 Å². The number of rotatable bonds is 5. The Morgan fingerprint density at radius 2 is 1.88 bits per heavy atom. The topological polar surface area (TPSA) is 56.7 Å². The van der Waals surface area contributed by atoms with Crippen LogP contribution in [0.4, 0.5) is 0 Å². The van der Waals surface area contributed by atoms with Gasteiger partial charge in [0.25, 0.3) is 0 Å². The average molecular weight is 332 g/mol. The van der Waals surface area contributed by atoms with Crippen molar-refractivity contribution >= 4 is 5.96 Å². The SMILES string of the molecule is CCNC(=NCC(C)(C)c1ccccc1C)NC1CCC(O)CC1. The van der Waals surface area contributed by atoms with Crippen molar-refractivity contribution in [2.75, 3.05) is 13.1 Å². The first-order valence-corrected chi connectivity index (χ1v) is 9.21. The highest BCUT2D eigenvalue weighted by molar-refractivity contribution is 5.80. The fraction of sp³-hybridized carbons (Fsp3) is 0.650. The van der Waals surface area contributed by atoms with Crippen LogP contribution < -0.4 is 10.6 Å². The fourth-order valence-corrected chi connectivity index (χ4v) is 3.43. The van der Waals surface area contributed by atoms with Crippen molar-refractivity contribution in [2.45, 2.75) is 70.9 Å². The minimum absolute atomic E-state index is 0.00352. The highest BCUT2D eigenvalue weighted by Crippen LogP contribution is 2.26. The Balaban J connectivity index is 2.03. The normalized spacial score (nSPS) is 22.3. The van der Waals surface area contributed by atoms with Gasteiger partial charge in [-0.3, -0.25) is 4.99 Å². The number of guanidine groups is 1. The molecule has 1 saturated carbocycles. The van der Waals surface area contributed by atoms with Crippen LogP contribution in [0.3, 0.4) is 0 Å². The van der Waals surface area contributed by atoms with Crippen LogP contribution in [0.1, 0.15) is 57.6 Å². The molecule has 24 heavy (non-hydrogen) atoms. The number of aryl methyl sites for hydroxylation is 1. The zero-order chi connectivity index (χ0) is 17.6. The van der Waals surface area contributed by atoms with E-state index in [1.807, 2.05) is 0 Å². The van der Waals surface area contributed by atoms with Gasteiger partial charge in [0.05, 0.1) is 12.6 Å². The largest absolute Gasteiger partial charge is 0.393 e. The third-order valence-electron chi connectivity index (χ3n) is 4.89. The van der Waals surface area contributed by atoms with Crippen molar-refractivity contribution in [1.29, 1.82) is 0 Å². The molecule has 0 aromatic heterocycles. The van der Waals surface area contributed by atoms with E-state index in [2.05, 4.69) is 62.6 Å². The molecule has 1 aliphatic rings. The average Bonchev–Trinajstić information content (AvgIpc) is 2.55. The molecular formula is C20H33N3O. The van der Waals surface area contributed by atoms with Gasteiger partial charge in [0.2, 0.25) is 0 Å². The lowest BCUT2D eigenvalue weighted by molar-refractivity contribution is 0.120. The molecule has 4 nitrogen and oxygen atoms in total. The van der Waals surface area contributed by atoms with Gasteiger partial charge in [0.15, 0.2) is 5.96 Å². The Morgan fingerprint density at radius 1 is 1.21 bits per heavy atom. The van der Waals surface area contributed by atoms with Crippen LogP contribution in [0.25, 0.3) is 0 Å². The minimum Gasteiger partial charge on any atom is -0.393 e. The second-order valence-corrected chi connectivity index (χ2v) is 7.54. The highest BCUT2D eigenvalue weighted by Gasteiger charge is 2.23. The van der Waals surface area contributed by atoms with Crippen LogP contribution in [0, 0.1) is 6.92 Å². The van der Waals surface area contributed by atoms with Gasteiger partial charge in [-0.15, -0.1) is 0 Å². The van der Waals surface area contributed by atoms with Crippen LogP contribution in [0.5, 0.6) is 0 Å². The molecule has 1 aromatic carbocycles. The maximum absolute atomic E-state index is 9.65. The molecule has 0 heterocycles. The van der Waals surface area contributed by atoms with Crippen molar-refractivity contribution in [3.63, 3.8) is 0 Å². The molecule has 0 bridgehead atoms. The Labute approximate surface area is 146 Å². The summed E-state index contributed by atoms with van der Waals surface area (Å²) in [4.78, 5) is 4.85. The molecule has 0 unspecified atom stereocenters. The van der Waals surface area contributed by atoms with Gasteiger partial charge in [0, 0.05) is 18.0 Å². The predicted octanol–water partition coefficient (Wildman–Crippen LogP) is 3.13. The summed E-state index contributed by atoms with van der Waals surface area (Å²) in [5.41, 5.74) is 2.67. The number of hydrogen-bond donors (Lipinski definition) is 3. The quantitative estimate of drug-likeness (QED) is 0.574. The summed E-state index contributed by atoms with van der Waals surface area (Å²) < 4.78 is 0. The van der Waals surface area contributed by atoms with Crippen molar-refractivity contribution < 1.29 is 5.11 Å². The molecule has 0 amide bonds. The number of benzene rings is 1. The molecule has 3 N–H and O–H groups in total. The van der Waals surface area contributed by atoms with Crippen LogP contribution in [0.15, 0.2) is 29.3 Å². The Morgan fingerprint density at radius 3 is 2.50 bits per heavy atom. The van der Waals surface area contributed by atoms with Crippen molar-refractivity contribution in [3.05, 3.63) is 35.4 Å². The summed E-state index contributed by atoms with van der Waals surface area (Å²) in [6.45, 7) is 10.3. The second-order valence-electron chi connectivity index (χ2n) is 7.54. The zero-order valence-corrected chi connectivity index (χ0v) is 15.6. The summed E-state index contributed by atoms with van der Waals surface area (Å²) >= 11 is 0. The lowest BCUT2D eigenvalue weighted by Crippen LogP contribution is -2.45. The first-order chi connectivity index (χ1) is 11.4. The van der Waals surface area contributed by atoms with Gasteiger partial charge in [0.1, 0.15) is 0 Å². The number of nitrogens with one attached hydrogen (secondary N) is 2. The maximum atomic E-state index is 9.65. The molecule has 0 radical (unpaired) electrons. The molecular weight excluding hydrogens is 298 g/mol. The number of hydrogen-bond acceptors (Lipinski definition) is 2. The summed E-state index contributed by atoms with van der Waals surface area (Å²) in [5, 5.41) is 16.6.